The molecule has 11 aromatic rings. The molecule has 0 unspecified atom stereocenters. The third-order valence-electron chi connectivity index (χ3n) is 21.9. The van der Waals surface area contributed by atoms with Gasteiger partial charge >= 0.3 is 41.0 Å². The van der Waals surface area contributed by atoms with E-state index in [4.69, 9.17) is 86.0 Å². The first-order valence-electron chi connectivity index (χ1n) is 43.0. The molecular formula is C89H111ClN22O19S2. The molecule has 710 valence electrons. The maximum Gasteiger partial charge on any atom is 0.419 e. The number of nitrogens with two attached hydrogens (primary N) is 2. The van der Waals surface area contributed by atoms with Crippen molar-refractivity contribution >= 4 is 105 Å². The van der Waals surface area contributed by atoms with Crippen LogP contribution in [-0.4, -0.2) is 294 Å². The minimum absolute atomic E-state index is 0.0130. The second-order valence-electron chi connectivity index (χ2n) is 33.6. The summed E-state index contributed by atoms with van der Waals surface area (Å²) in [5.74, 6) is -1.45. The normalized spacial score (nSPS) is 15.7. The highest BCUT2D eigenvalue weighted by Crippen LogP contribution is 2.24. The fraction of sp³-hybridized carbons (Fsp3) is 0.461. The Morgan fingerprint density at radius 3 is 1.06 bits per heavy atom. The number of aromatic nitrogens is 5. The molecule has 10 heterocycles. The van der Waals surface area contributed by atoms with Crippen molar-refractivity contribution in [2.75, 3.05) is 188 Å². The second-order valence-corrected chi connectivity index (χ2v) is 37.9. The summed E-state index contributed by atoms with van der Waals surface area (Å²) in [7, 11) is -6.27. The Kier molecular flexibility index (Phi) is 36.1. The van der Waals surface area contributed by atoms with E-state index in [1.165, 1.54) is 43.9 Å². The number of H-pyrrole nitrogens is 1. The van der Waals surface area contributed by atoms with Gasteiger partial charge in [-0.1, -0.05) is 6.07 Å². The lowest BCUT2D eigenvalue weighted by Crippen LogP contribution is -2.50. The number of rotatable bonds is 17. The van der Waals surface area contributed by atoms with Crippen molar-refractivity contribution in [1.82, 2.24) is 71.5 Å². The summed E-state index contributed by atoms with van der Waals surface area (Å²) in [6.07, 6.45) is 1.95. The molecule has 5 saturated heterocycles. The number of nitrogens with one attached hydrogen (secondary N) is 2. The van der Waals surface area contributed by atoms with Crippen LogP contribution in [0.5, 0.6) is 5.75 Å². The van der Waals surface area contributed by atoms with Gasteiger partial charge in [0.15, 0.2) is 27.9 Å². The number of hydrogen-bond donors (Lipinski definition) is 5. The Balaban J connectivity index is 0.000000164. The zero-order valence-corrected chi connectivity index (χ0v) is 77.9. The molecule has 44 heteroatoms. The van der Waals surface area contributed by atoms with Crippen LogP contribution in [0.25, 0.3) is 55.5 Å². The van der Waals surface area contributed by atoms with Gasteiger partial charge in [-0.25, -0.2) is 50.4 Å². The number of nitrogens with zero attached hydrogens (tertiary/aromatic N) is 18. The van der Waals surface area contributed by atoms with Crippen LogP contribution < -0.4 is 45.6 Å². The zero-order valence-electron chi connectivity index (χ0n) is 75.5. The monoisotopic (exact) mass is 1890 g/mol. The number of oxazole rings is 5. The molecule has 0 bridgehead atoms. The van der Waals surface area contributed by atoms with E-state index in [1.54, 1.807) is 102 Å². The summed E-state index contributed by atoms with van der Waals surface area (Å²) in [5.41, 5.74) is 19.4. The number of fused-ring (bicyclic) bond motifs is 5. The molecule has 0 radical (unpaired) electrons. The molecule has 0 aliphatic carbocycles. The fourth-order valence-electron chi connectivity index (χ4n) is 14.7. The number of ether oxygens (including phenoxy) is 2. The number of carbonyl (C=O) groups excluding carboxylic acids is 2. The molecule has 7 N–H and O–H groups in total. The van der Waals surface area contributed by atoms with Crippen LogP contribution in [0, 0.1) is 56.7 Å². The molecule has 2 amide bonds. The average Bonchev–Trinajstić information content (AvgIpc) is 1.67. The van der Waals surface area contributed by atoms with Gasteiger partial charge in [-0.3, -0.25) is 47.8 Å². The Morgan fingerprint density at radius 2 is 0.729 bits per heavy atom. The van der Waals surface area contributed by atoms with Gasteiger partial charge in [-0.2, -0.15) is 34.9 Å². The van der Waals surface area contributed by atoms with Gasteiger partial charge in [0.2, 0.25) is 20.0 Å². The predicted octanol–water partition coefficient (Wildman–Crippen LogP) is 5.68. The SMILES string of the molecule is CC(C)(C)OC(=O)N1CCN(CCCl)CC1.CC(C)(C)OC(=O)N1CCN(CCn2c(=O)oc3ccc(C#N)cc32)CC1.CS(=O)(=O)N1CCN(CCn2c(=O)oc3ccc(C#N)cc32)CC1.CS(=O)(=O)N1CCN(CCn2c(=O)oc3ccc(CN)cc32)CC1.N#Cc1ccc(O)c(N)c1.N#Cc1ccc2oc(=O)[nH]c2c1.N#Cc1ccc2oc(=O)n(CCN3CCNCC3)c2c1. The van der Waals surface area contributed by atoms with E-state index < -0.39 is 48.5 Å². The van der Waals surface area contributed by atoms with Gasteiger partial charge in [-0.05, 0) is 150 Å². The lowest BCUT2D eigenvalue weighted by molar-refractivity contribution is 0.0136. The number of piperazine rings is 5. The summed E-state index contributed by atoms with van der Waals surface area (Å²) >= 11 is 5.67. The maximum atomic E-state index is 12.1. The van der Waals surface area contributed by atoms with Gasteiger partial charge in [0, 0.05) is 202 Å². The van der Waals surface area contributed by atoms with E-state index in [1.807, 2.05) is 65.8 Å². The lowest BCUT2D eigenvalue weighted by atomic mass is 10.2. The van der Waals surface area contributed by atoms with Crippen LogP contribution in [0.3, 0.4) is 0 Å². The number of aromatic hydroxyl groups is 1. The van der Waals surface area contributed by atoms with Crippen molar-refractivity contribution in [2.24, 2.45) is 5.73 Å². The van der Waals surface area contributed by atoms with Crippen LogP contribution in [-0.2, 0) is 62.2 Å². The van der Waals surface area contributed by atoms with Crippen molar-refractivity contribution in [3.8, 4) is 36.1 Å². The Hall–Kier alpha value is -12.9. The fourth-order valence-corrected chi connectivity index (χ4v) is 16.6. The third kappa shape index (κ3) is 29.8. The number of aromatic amines is 1. The minimum Gasteiger partial charge on any atom is -0.506 e. The average molecular weight is 1890 g/mol. The van der Waals surface area contributed by atoms with Crippen molar-refractivity contribution in [1.29, 1.82) is 26.3 Å². The van der Waals surface area contributed by atoms with Crippen LogP contribution in [0.1, 0.15) is 74.9 Å². The van der Waals surface area contributed by atoms with E-state index in [0.717, 1.165) is 76.5 Å². The Bertz CT molecular complexity index is 6640. The molecule has 16 rings (SSSR count). The number of halogens is 1. The molecule has 133 heavy (non-hydrogen) atoms. The van der Waals surface area contributed by atoms with Gasteiger partial charge in [0.25, 0.3) is 0 Å². The number of sulfonamides is 2. The van der Waals surface area contributed by atoms with Crippen molar-refractivity contribution in [3.05, 3.63) is 195 Å². The molecule has 6 aromatic carbocycles. The molecule has 0 spiro atoms. The highest BCUT2D eigenvalue weighted by molar-refractivity contribution is 7.88. The molecule has 0 atom stereocenters. The van der Waals surface area contributed by atoms with Crippen molar-refractivity contribution in [2.45, 2.75) is 85.5 Å². The number of phenols is 1. The summed E-state index contributed by atoms with van der Waals surface area (Å²) in [6, 6.07) is 39.5. The number of anilines is 1. The number of alkyl halides is 1. The molecule has 0 saturated carbocycles. The number of nitrogen functional groups attached to an aromatic ring is 1. The molecule has 41 nitrogen and oxygen atoms in total. The number of hydrogen-bond acceptors (Lipinski definition) is 32. The van der Waals surface area contributed by atoms with E-state index in [2.05, 4.69) is 53.0 Å². The molecule has 5 aliphatic heterocycles. The molecular weight excluding hydrogens is 1780 g/mol. The van der Waals surface area contributed by atoms with Crippen molar-refractivity contribution in [3.63, 3.8) is 0 Å². The van der Waals surface area contributed by atoms with E-state index >= 15 is 0 Å². The maximum absolute atomic E-state index is 12.1. The topological polar surface area (TPSA) is 540 Å². The summed E-state index contributed by atoms with van der Waals surface area (Å²) in [4.78, 5) is 99.6. The zero-order chi connectivity index (χ0) is 96.5. The summed E-state index contributed by atoms with van der Waals surface area (Å²) in [6.45, 7) is 31.5. The lowest BCUT2D eigenvalue weighted by Gasteiger charge is -2.35. The standard InChI is InChI=1S/C19H24N4O4.C15H22N4O4S.C15H18N4O4S.C14H16N4O2.C11H21ClN2O2.C8H4N2O2.C7H6N2O/c1-19(2,3)27-17(24)22-9-6-21(7-10-22)8-11-23-15-12-14(13-20)4-5-16(15)26-18(23)25;2*1-24(21,22)18-7-4-17(5-8-18)6-9-19-13-10-12(11-16)2-3-14(13)23-15(19)20;15-10-11-1-2-13-12(9-11)18(14(19)20-13)8-7-17-5-3-16-4-6-17;1-11(2,3)16-10(15)14-8-6-13(5-4-12)7-9-14;9-4-5-1-2-7-6(3-5)10-8(11)12-7;8-4-5-1-2-7(10)6(9)3-5/h4-5,12H,6-11H2,1-3H3;2-3,10H,4-9,11,16H2,1H3;2-3,10H,4-9H2,1H3;1-2,9,16H,3-8H2;4-9H2,1-3H3;1-3H,(H,10,11);1-3,10H,9H2. The highest BCUT2D eigenvalue weighted by atomic mass is 35.5. The molecule has 5 aromatic heterocycles. The predicted molar refractivity (Wildman–Crippen MR) is 497 cm³/mol. The largest absolute Gasteiger partial charge is 0.506 e. The number of benzene rings is 6. The Labute approximate surface area is 772 Å². The summed E-state index contributed by atoms with van der Waals surface area (Å²) in [5, 5.41) is 56.1. The quantitative estimate of drug-likeness (QED) is 0.0415. The Morgan fingerprint density at radius 1 is 0.421 bits per heavy atom. The van der Waals surface area contributed by atoms with Gasteiger partial charge in [-0.15, -0.1) is 11.6 Å². The first-order valence-corrected chi connectivity index (χ1v) is 47.2. The van der Waals surface area contributed by atoms with E-state index in [-0.39, 0.29) is 35.1 Å². The number of amides is 2. The van der Waals surface area contributed by atoms with Gasteiger partial charge < -0.3 is 63.2 Å². The number of nitriles is 5. The first-order chi connectivity index (χ1) is 63.2. The van der Waals surface area contributed by atoms with Crippen molar-refractivity contribution < 1.29 is 63.1 Å². The number of phenolic OH excluding ortho intramolecular Hbond substituents is 1. The second kappa shape index (κ2) is 46.9. The van der Waals surface area contributed by atoms with Crippen LogP contribution in [0.2, 0.25) is 0 Å². The highest BCUT2D eigenvalue weighted by Gasteiger charge is 2.30. The molecule has 5 aliphatic rings. The third-order valence-corrected chi connectivity index (χ3v) is 24.7. The van der Waals surface area contributed by atoms with Crippen LogP contribution in [0.15, 0.2) is 155 Å². The smallest absolute Gasteiger partial charge is 0.419 e. The van der Waals surface area contributed by atoms with Gasteiger partial charge in [0.05, 0.1) is 104 Å². The van der Waals surface area contributed by atoms with Gasteiger partial charge in [0.1, 0.15) is 17.0 Å². The summed E-state index contributed by atoms with van der Waals surface area (Å²) < 4.78 is 91.7. The molecule has 5 fully saturated rings. The first kappa shape index (κ1) is 102. The van der Waals surface area contributed by atoms with Crippen LogP contribution in [0.4, 0.5) is 15.3 Å². The van der Waals surface area contributed by atoms with E-state index in [0.29, 0.717) is 215 Å². The minimum atomic E-state index is -3.14. The van der Waals surface area contributed by atoms with Crippen LogP contribution >= 0.6 is 11.6 Å². The van der Waals surface area contributed by atoms with E-state index in [9.17, 15) is 50.4 Å². The number of carbonyl (C=O) groups is 2.